The Morgan fingerprint density at radius 3 is 2.39 bits per heavy atom. The molecule has 5 rings (SSSR count). The zero-order valence-corrected chi connectivity index (χ0v) is 18.9. The number of halogens is 1. The van der Waals surface area contributed by atoms with Gasteiger partial charge in [-0.2, -0.15) is 0 Å². The summed E-state index contributed by atoms with van der Waals surface area (Å²) >= 11 is 0. The van der Waals surface area contributed by atoms with E-state index in [0.717, 1.165) is 33.2 Å². The number of benzene rings is 2. The van der Waals surface area contributed by atoms with Crippen LogP contribution in [0.25, 0.3) is 21.9 Å². The van der Waals surface area contributed by atoms with E-state index in [9.17, 15) is 14.0 Å². The minimum Gasteiger partial charge on any atom is -0.463 e. The number of hydrogen-bond acceptors (Lipinski definition) is 5. The SMILES string of the molecule is Cc1coc2c1c(C)cc1oc(=O)c(CC(=O)N3CCN(c4ccc(F)cc4)CC3)c(C)c12. The summed E-state index contributed by atoms with van der Waals surface area (Å²) < 4.78 is 24.6. The van der Waals surface area contributed by atoms with E-state index in [1.165, 1.54) is 12.1 Å². The van der Waals surface area contributed by atoms with Crippen molar-refractivity contribution in [3.63, 3.8) is 0 Å². The number of furan rings is 1. The maximum absolute atomic E-state index is 13.2. The van der Waals surface area contributed by atoms with Gasteiger partial charge < -0.3 is 18.6 Å². The summed E-state index contributed by atoms with van der Waals surface area (Å²) in [6.07, 6.45) is 1.68. The maximum atomic E-state index is 13.2. The second-order valence-corrected chi connectivity index (χ2v) is 8.70. The Balaban J connectivity index is 1.39. The number of piperazine rings is 1. The second kappa shape index (κ2) is 8.06. The zero-order valence-electron chi connectivity index (χ0n) is 18.9. The summed E-state index contributed by atoms with van der Waals surface area (Å²) in [6, 6.07) is 8.22. The average Bonchev–Trinajstić information content (AvgIpc) is 3.19. The smallest absolute Gasteiger partial charge is 0.340 e. The fourth-order valence-corrected chi connectivity index (χ4v) is 4.81. The van der Waals surface area contributed by atoms with Crippen molar-refractivity contribution in [2.75, 3.05) is 31.1 Å². The fourth-order valence-electron chi connectivity index (χ4n) is 4.81. The molecule has 4 aromatic rings. The second-order valence-electron chi connectivity index (χ2n) is 8.70. The summed E-state index contributed by atoms with van der Waals surface area (Å²) in [5.74, 6) is -0.378. The molecule has 0 spiro atoms. The highest BCUT2D eigenvalue weighted by atomic mass is 19.1. The number of hydrogen-bond donors (Lipinski definition) is 0. The molecule has 0 radical (unpaired) electrons. The predicted octanol–water partition coefficient (Wildman–Crippen LogP) is 4.49. The van der Waals surface area contributed by atoms with E-state index >= 15 is 0 Å². The van der Waals surface area contributed by atoms with Gasteiger partial charge in [0.05, 0.1) is 23.6 Å². The van der Waals surface area contributed by atoms with Crippen LogP contribution < -0.4 is 10.5 Å². The number of nitrogens with zero attached hydrogens (tertiary/aromatic N) is 2. The molecule has 1 amide bonds. The van der Waals surface area contributed by atoms with Gasteiger partial charge in [-0.1, -0.05) is 0 Å². The number of amides is 1. The topological polar surface area (TPSA) is 66.9 Å². The van der Waals surface area contributed by atoms with Crippen molar-refractivity contribution in [2.45, 2.75) is 27.2 Å². The van der Waals surface area contributed by atoms with Crippen molar-refractivity contribution in [3.8, 4) is 0 Å². The Kier molecular flexibility index (Phi) is 5.19. The van der Waals surface area contributed by atoms with Crippen molar-refractivity contribution in [3.05, 3.63) is 75.1 Å². The van der Waals surface area contributed by atoms with Crippen molar-refractivity contribution in [1.82, 2.24) is 4.90 Å². The van der Waals surface area contributed by atoms with Gasteiger partial charge in [0.25, 0.3) is 0 Å². The molecule has 1 fully saturated rings. The molecule has 1 aliphatic rings. The van der Waals surface area contributed by atoms with E-state index in [1.807, 2.05) is 26.8 Å². The van der Waals surface area contributed by atoms with Crippen LogP contribution in [0.15, 0.2) is 50.2 Å². The first-order valence-electron chi connectivity index (χ1n) is 11.1. The molecule has 3 heterocycles. The van der Waals surface area contributed by atoms with Crippen LogP contribution in [0.5, 0.6) is 0 Å². The fraction of sp³-hybridized carbons (Fsp3) is 0.308. The van der Waals surface area contributed by atoms with Crippen molar-refractivity contribution < 1.29 is 18.0 Å². The molecule has 7 heteroatoms. The van der Waals surface area contributed by atoms with E-state index in [2.05, 4.69) is 4.90 Å². The molecule has 33 heavy (non-hydrogen) atoms. The highest BCUT2D eigenvalue weighted by molar-refractivity contribution is 6.07. The molecule has 0 bridgehead atoms. The van der Waals surface area contributed by atoms with Crippen LogP contribution in [0.4, 0.5) is 10.1 Å². The van der Waals surface area contributed by atoms with Crippen LogP contribution in [-0.2, 0) is 11.2 Å². The highest BCUT2D eigenvalue weighted by Crippen LogP contribution is 2.34. The third kappa shape index (κ3) is 3.67. The summed E-state index contributed by atoms with van der Waals surface area (Å²) in [5, 5.41) is 1.75. The maximum Gasteiger partial charge on any atom is 0.340 e. The molecule has 1 saturated heterocycles. The molecule has 0 unspecified atom stereocenters. The molecule has 1 aliphatic heterocycles. The largest absolute Gasteiger partial charge is 0.463 e. The summed E-state index contributed by atoms with van der Waals surface area (Å²) in [4.78, 5) is 29.7. The van der Waals surface area contributed by atoms with Crippen LogP contribution in [-0.4, -0.2) is 37.0 Å². The lowest BCUT2D eigenvalue weighted by atomic mass is 9.98. The molecule has 2 aromatic heterocycles. The first-order chi connectivity index (χ1) is 15.8. The average molecular weight is 448 g/mol. The number of aryl methyl sites for hydroxylation is 3. The van der Waals surface area contributed by atoms with Gasteiger partial charge in [0, 0.05) is 37.3 Å². The Morgan fingerprint density at radius 1 is 1.00 bits per heavy atom. The van der Waals surface area contributed by atoms with E-state index < -0.39 is 5.63 Å². The third-order valence-electron chi connectivity index (χ3n) is 6.62. The Hall–Kier alpha value is -3.61. The third-order valence-corrected chi connectivity index (χ3v) is 6.62. The molecule has 6 nitrogen and oxygen atoms in total. The van der Waals surface area contributed by atoms with Crippen LogP contribution in [0.3, 0.4) is 0 Å². The van der Waals surface area contributed by atoms with Gasteiger partial charge in [0.15, 0.2) is 0 Å². The van der Waals surface area contributed by atoms with Crippen LogP contribution >= 0.6 is 0 Å². The molecular formula is C26H25FN2O4. The molecule has 2 aromatic carbocycles. The van der Waals surface area contributed by atoms with Crippen molar-refractivity contribution in [1.29, 1.82) is 0 Å². The summed E-state index contributed by atoms with van der Waals surface area (Å²) in [7, 11) is 0. The van der Waals surface area contributed by atoms with E-state index in [0.29, 0.717) is 42.9 Å². The molecular weight excluding hydrogens is 423 g/mol. The van der Waals surface area contributed by atoms with Gasteiger partial charge in [0.2, 0.25) is 5.91 Å². The minimum absolute atomic E-state index is 0.0181. The van der Waals surface area contributed by atoms with Gasteiger partial charge in [-0.15, -0.1) is 0 Å². The Bertz CT molecular complexity index is 1430. The number of anilines is 1. The van der Waals surface area contributed by atoms with E-state index in [-0.39, 0.29) is 18.1 Å². The minimum atomic E-state index is -0.486. The van der Waals surface area contributed by atoms with Crippen molar-refractivity contribution >= 4 is 33.5 Å². The predicted molar refractivity (Wildman–Crippen MR) is 125 cm³/mol. The van der Waals surface area contributed by atoms with Gasteiger partial charge in [-0.25, -0.2) is 9.18 Å². The van der Waals surface area contributed by atoms with Crippen LogP contribution in [0, 0.1) is 26.6 Å². The lowest BCUT2D eigenvalue weighted by Crippen LogP contribution is -2.49. The number of carbonyl (C=O) groups is 1. The lowest BCUT2D eigenvalue weighted by Gasteiger charge is -2.36. The summed E-state index contributed by atoms with van der Waals surface area (Å²) in [5.41, 5.74) is 4.70. The van der Waals surface area contributed by atoms with E-state index in [1.54, 1.807) is 23.3 Å². The summed E-state index contributed by atoms with van der Waals surface area (Å²) in [6.45, 7) is 8.16. The molecule has 0 N–H and O–H groups in total. The van der Waals surface area contributed by atoms with Crippen molar-refractivity contribution in [2.24, 2.45) is 0 Å². The first-order valence-corrected chi connectivity index (χ1v) is 11.1. The van der Waals surface area contributed by atoms with E-state index in [4.69, 9.17) is 8.83 Å². The molecule has 170 valence electrons. The molecule has 0 atom stereocenters. The lowest BCUT2D eigenvalue weighted by molar-refractivity contribution is -0.130. The monoisotopic (exact) mass is 448 g/mol. The normalized spacial score (nSPS) is 14.4. The molecule has 0 aliphatic carbocycles. The van der Waals surface area contributed by atoms with Crippen LogP contribution in [0.2, 0.25) is 0 Å². The standard InChI is InChI=1S/C26H25FN2O4/c1-15-12-21-24(25-23(15)16(2)14-32-25)17(3)20(26(31)33-21)13-22(30)29-10-8-28(9-11-29)19-6-4-18(27)5-7-19/h4-7,12,14H,8-11,13H2,1-3H3. The quantitative estimate of drug-likeness (QED) is 0.432. The molecule has 0 saturated carbocycles. The highest BCUT2D eigenvalue weighted by Gasteiger charge is 2.25. The first kappa shape index (κ1) is 21.2. The van der Waals surface area contributed by atoms with Crippen LogP contribution in [0.1, 0.15) is 22.3 Å². The number of carbonyl (C=O) groups excluding carboxylic acids is 1. The van der Waals surface area contributed by atoms with Gasteiger partial charge in [-0.05, 0) is 67.8 Å². The zero-order chi connectivity index (χ0) is 23.3. The number of rotatable bonds is 3. The van der Waals surface area contributed by atoms with Gasteiger partial charge in [0.1, 0.15) is 17.0 Å². The Morgan fingerprint density at radius 2 is 1.70 bits per heavy atom. The number of fused-ring (bicyclic) bond motifs is 3. The van der Waals surface area contributed by atoms with Gasteiger partial charge >= 0.3 is 5.63 Å². The van der Waals surface area contributed by atoms with Gasteiger partial charge in [-0.3, -0.25) is 4.79 Å². The Labute approximate surface area is 190 Å².